The summed E-state index contributed by atoms with van der Waals surface area (Å²) in [6.45, 7) is 2.72. The zero-order chi connectivity index (χ0) is 12.4. The number of Topliss-reactive ketones (excluding diaryl/α,β-unsaturated/α-hetero) is 1. The fourth-order valence-corrected chi connectivity index (χ4v) is 2.65. The molecule has 1 fully saturated rings. The van der Waals surface area contributed by atoms with E-state index in [9.17, 15) is 19.1 Å². The van der Waals surface area contributed by atoms with E-state index in [0.717, 1.165) is 38.5 Å². The van der Waals surface area contributed by atoms with Crippen molar-refractivity contribution in [1.29, 1.82) is 0 Å². The van der Waals surface area contributed by atoms with Gasteiger partial charge in [0, 0.05) is 5.92 Å². The molecule has 4 nitrogen and oxygen atoms in total. The molecule has 94 valence electrons. The normalized spacial score (nSPS) is 20.5. The quantitative estimate of drug-likeness (QED) is 0.594. The van der Waals surface area contributed by atoms with Crippen molar-refractivity contribution in [2.24, 2.45) is 5.92 Å². The van der Waals surface area contributed by atoms with Gasteiger partial charge in [-0.1, -0.05) is 25.7 Å². The Labute approximate surface area is 96.6 Å². The van der Waals surface area contributed by atoms with Crippen LogP contribution in [0.1, 0.15) is 52.4 Å². The summed E-state index contributed by atoms with van der Waals surface area (Å²) in [7, 11) is -4.36. The minimum absolute atomic E-state index is 0.162. The minimum Gasteiger partial charge on any atom is -0.324 e. The van der Waals surface area contributed by atoms with Gasteiger partial charge in [0.1, 0.15) is 5.16 Å². The molecule has 1 aliphatic rings. The molecule has 0 aromatic rings. The first-order chi connectivity index (χ1) is 7.27. The molecule has 0 unspecified atom stereocenters. The maximum Gasteiger partial charge on any atom is 0.338 e. The first kappa shape index (κ1) is 13.9. The molecule has 0 atom stereocenters. The zero-order valence-electron chi connectivity index (χ0n) is 9.98. The van der Waals surface area contributed by atoms with Crippen LogP contribution in [-0.4, -0.2) is 20.7 Å². The molecular formula is C11H21O4P. The first-order valence-electron chi connectivity index (χ1n) is 5.87. The van der Waals surface area contributed by atoms with E-state index < -0.39 is 12.8 Å². The van der Waals surface area contributed by atoms with Crippen molar-refractivity contribution in [3.8, 4) is 0 Å². The third-order valence-electron chi connectivity index (χ3n) is 3.56. The lowest BCUT2D eigenvalue weighted by atomic mass is 9.88. The number of rotatable bonds is 3. The van der Waals surface area contributed by atoms with Crippen LogP contribution in [0.4, 0.5) is 0 Å². The SMILES string of the molecule is CC(C)(C(=O)C1CCCCCC1)P(=O)(O)O. The van der Waals surface area contributed by atoms with Gasteiger partial charge in [0.2, 0.25) is 0 Å². The van der Waals surface area contributed by atoms with Gasteiger partial charge in [-0.25, -0.2) is 0 Å². The standard InChI is InChI=1S/C11H21O4P/c1-11(2,16(13,14)15)10(12)9-7-5-3-4-6-8-9/h9H,3-8H2,1-2H3,(H2,13,14,15). The average Bonchev–Trinajstić information content (AvgIpc) is 2.42. The highest BCUT2D eigenvalue weighted by Crippen LogP contribution is 2.52. The Hall–Kier alpha value is -0.180. The summed E-state index contributed by atoms with van der Waals surface area (Å²) >= 11 is 0. The van der Waals surface area contributed by atoms with Crippen LogP contribution in [0.5, 0.6) is 0 Å². The molecule has 0 heterocycles. The van der Waals surface area contributed by atoms with Crippen LogP contribution < -0.4 is 0 Å². The maximum absolute atomic E-state index is 12.1. The molecule has 0 radical (unpaired) electrons. The molecule has 1 saturated carbocycles. The highest BCUT2D eigenvalue weighted by Gasteiger charge is 2.46. The van der Waals surface area contributed by atoms with Crippen molar-refractivity contribution in [3.05, 3.63) is 0 Å². The number of hydrogen-bond donors (Lipinski definition) is 2. The Balaban J connectivity index is 2.79. The molecule has 2 N–H and O–H groups in total. The van der Waals surface area contributed by atoms with Crippen LogP contribution in [-0.2, 0) is 9.36 Å². The Kier molecular flexibility index (Phi) is 4.33. The van der Waals surface area contributed by atoms with E-state index in [1.54, 1.807) is 0 Å². The van der Waals surface area contributed by atoms with E-state index >= 15 is 0 Å². The van der Waals surface area contributed by atoms with Gasteiger partial charge in [-0.15, -0.1) is 0 Å². The predicted molar refractivity (Wildman–Crippen MR) is 62.3 cm³/mol. The fourth-order valence-electron chi connectivity index (χ4n) is 2.18. The molecule has 0 amide bonds. The maximum atomic E-state index is 12.1. The van der Waals surface area contributed by atoms with Crippen LogP contribution in [0, 0.1) is 5.92 Å². The van der Waals surface area contributed by atoms with E-state index in [4.69, 9.17) is 0 Å². The molecule has 16 heavy (non-hydrogen) atoms. The summed E-state index contributed by atoms with van der Waals surface area (Å²) < 4.78 is 11.3. The molecule has 1 aliphatic carbocycles. The predicted octanol–water partition coefficient (Wildman–Crippen LogP) is 2.48. The molecule has 0 aliphatic heterocycles. The van der Waals surface area contributed by atoms with Crippen molar-refractivity contribution in [2.75, 3.05) is 0 Å². The Morgan fingerprint density at radius 1 is 1.12 bits per heavy atom. The lowest BCUT2D eigenvalue weighted by Gasteiger charge is -2.28. The van der Waals surface area contributed by atoms with Gasteiger partial charge in [0.25, 0.3) is 0 Å². The highest BCUT2D eigenvalue weighted by atomic mass is 31.2. The number of hydrogen-bond acceptors (Lipinski definition) is 2. The lowest BCUT2D eigenvalue weighted by Crippen LogP contribution is -2.36. The third kappa shape index (κ3) is 2.93. The number of carbonyl (C=O) groups excluding carboxylic acids is 1. The lowest BCUT2D eigenvalue weighted by molar-refractivity contribution is -0.125. The molecule has 0 spiro atoms. The molecule has 1 rings (SSSR count). The monoisotopic (exact) mass is 248 g/mol. The first-order valence-corrected chi connectivity index (χ1v) is 7.48. The van der Waals surface area contributed by atoms with E-state index in [1.807, 2.05) is 0 Å². The molecule has 5 heteroatoms. The summed E-state index contributed by atoms with van der Waals surface area (Å²) in [6.07, 6.45) is 5.80. The van der Waals surface area contributed by atoms with Gasteiger partial charge in [0.15, 0.2) is 5.78 Å². The summed E-state index contributed by atoms with van der Waals surface area (Å²) in [5, 5.41) is -1.53. The van der Waals surface area contributed by atoms with E-state index in [1.165, 1.54) is 13.8 Å². The van der Waals surface area contributed by atoms with Crippen LogP contribution >= 0.6 is 7.60 Å². The van der Waals surface area contributed by atoms with E-state index in [2.05, 4.69) is 0 Å². The Morgan fingerprint density at radius 2 is 1.56 bits per heavy atom. The zero-order valence-corrected chi connectivity index (χ0v) is 10.9. The van der Waals surface area contributed by atoms with Crippen molar-refractivity contribution in [3.63, 3.8) is 0 Å². The van der Waals surface area contributed by atoms with Crippen LogP contribution in [0.25, 0.3) is 0 Å². The largest absolute Gasteiger partial charge is 0.338 e. The molecule has 0 aromatic carbocycles. The van der Waals surface area contributed by atoms with Gasteiger partial charge in [-0.05, 0) is 26.7 Å². The fraction of sp³-hybridized carbons (Fsp3) is 0.909. The second-order valence-electron chi connectivity index (χ2n) is 5.16. The van der Waals surface area contributed by atoms with E-state index in [0.29, 0.717) is 0 Å². The van der Waals surface area contributed by atoms with E-state index in [-0.39, 0.29) is 11.7 Å². The Bertz CT molecular complexity index is 297. The van der Waals surface area contributed by atoms with Gasteiger partial charge in [-0.3, -0.25) is 9.36 Å². The topological polar surface area (TPSA) is 74.6 Å². The van der Waals surface area contributed by atoms with Crippen LogP contribution in [0.3, 0.4) is 0 Å². The average molecular weight is 248 g/mol. The Morgan fingerprint density at radius 3 is 1.94 bits per heavy atom. The molecule has 0 saturated heterocycles. The van der Waals surface area contributed by atoms with Crippen molar-refractivity contribution in [2.45, 2.75) is 57.5 Å². The van der Waals surface area contributed by atoms with Crippen LogP contribution in [0.15, 0.2) is 0 Å². The van der Waals surface area contributed by atoms with Crippen molar-refractivity contribution in [1.82, 2.24) is 0 Å². The molecule has 0 bridgehead atoms. The highest BCUT2D eigenvalue weighted by molar-refractivity contribution is 7.54. The second kappa shape index (κ2) is 4.99. The van der Waals surface area contributed by atoms with Crippen molar-refractivity contribution >= 4 is 13.4 Å². The van der Waals surface area contributed by atoms with Gasteiger partial charge in [-0.2, -0.15) is 0 Å². The second-order valence-corrected chi connectivity index (χ2v) is 7.36. The van der Waals surface area contributed by atoms with Crippen LogP contribution in [0.2, 0.25) is 0 Å². The minimum atomic E-state index is -4.36. The van der Waals surface area contributed by atoms with Gasteiger partial charge in [0.05, 0.1) is 0 Å². The number of carbonyl (C=O) groups is 1. The van der Waals surface area contributed by atoms with Gasteiger partial charge >= 0.3 is 7.60 Å². The summed E-state index contributed by atoms with van der Waals surface area (Å²) in [6, 6.07) is 0. The summed E-state index contributed by atoms with van der Waals surface area (Å²) in [5.41, 5.74) is 0. The molecule has 0 aromatic heterocycles. The molecular weight excluding hydrogens is 227 g/mol. The van der Waals surface area contributed by atoms with Gasteiger partial charge < -0.3 is 9.79 Å². The number of ketones is 1. The smallest absolute Gasteiger partial charge is 0.324 e. The summed E-state index contributed by atoms with van der Waals surface area (Å²) in [4.78, 5) is 30.5. The van der Waals surface area contributed by atoms with Crippen molar-refractivity contribution < 1.29 is 19.1 Å². The third-order valence-corrected chi connectivity index (χ3v) is 5.23. The summed E-state index contributed by atoms with van der Waals surface area (Å²) in [5.74, 6) is -0.423.